The van der Waals surface area contributed by atoms with Gasteiger partial charge in [-0.25, -0.2) is 0 Å². The number of carbonyl (C=O) groups excluding carboxylic acids is 1. The minimum absolute atomic E-state index is 0.0259. The maximum atomic E-state index is 12.5. The third-order valence-corrected chi connectivity index (χ3v) is 5.60. The van der Waals surface area contributed by atoms with Crippen molar-refractivity contribution in [2.24, 2.45) is 0 Å². The van der Waals surface area contributed by atoms with Crippen molar-refractivity contribution >= 4 is 22.2 Å². The highest BCUT2D eigenvalue weighted by molar-refractivity contribution is 7.16. The zero-order chi connectivity index (χ0) is 17.8. The summed E-state index contributed by atoms with van der Waals surface area (Å²) >= 11 is 1.50. The van der Waals surface area contributed by atoms with Crippen LogP contribution in [0.1, 0.15) is 40.8 Å². The first-order valence-electron chi connectivity index (χ1n) is 8.32. The Hall–Kier alpha value is -2.36. The summed E-state index contributed by atoms with van der Waals surface area (Å²) in [7, 11) is 1.63. The first-order valence-corrected chi connectivity index (χ1v) is 9.13. The minimum atomic E-state index is -0.0820. The van der Waals surface area contributed by atoms with Gasteiger partial charge in [0.1, 0.15) is 16.8 Å². The van der Waals surface area contributed by atoms with Gasteiger partial charge < -0.3 is 15.4 Å². The molecule has 1 aromatic heterocycles. The number of amides is 1. The standard InChI is InChI=1S/C19H21N3O2S/c1-12(13-5-3-4-6-16(13)24-2)9-18(23)22-19-15(10-20)14-7-8-21-11-17(14)25-19/h3-6,12,21H,7-9,11H2,1-2H3,(H,22,23). The molecule has 5 nitrogen and oxygen atoms in total. The molecule has 25 heavy (non-hydrogen) atoms. The average Bonchev–Trinajstić information content (AvgIpc) is 2.98. The van der Waals surface area contributed by atoms with Crippen LogP contribution in [0.15, 0.2) is 24.3 Å². The Kier molecular flexibility index (Phi) is 5.37. The Bertz CT molecular complexity index is 823. The summed E-state index contributed by atoms with van der Waals surface area (Å²) < 4.78 is 5.38. The monoisotopic (exact) mass is 355 g/mol. The van der Waals surface area contributed by atoms with Crippen LogP contribution in [0.4, 0.5) is 5.00 Å². The van der Waals surface area contributed by atoms with Crippen molar-refractivity contribution in [3.8, 4) is 11.8 Å². The maximum absolute atomic E-state index is 12.5. The molecule has 0 spiro atoms. The van der Waals surface area contributed by atoms with Gasteiger partial charge in [0.15, 0.2) is 0 Å². The van der Waals surface area contributed by atoms with Crippen molar-refractivity contribution in [1.29, 1.82) is 5.26 Å². The number of anilines is 1. The largest absolute Gasteiger partial charge is 0.496 e. The first kappa shape index (κ1) is 17.5. The summed E-state index contributed by atoms with van der Waals surface area (Å²) in [5, 5.41) is 16.4. The highest BCUT2D eigenvalue weighted by atomic mass is 32.1. The van der Waals surface area contributed by atoms with Crippen LogP contribution in [-0.2, 0) is 17.8 Å². The molecule has 1 aliphatic heterocycles. The summed E-state index contributed by atoms with van der Waals surface area (Å²) in [6.07, 6.45) is 1.17. The molecule has 6 heteroatoms. The van der Waals surface area contributed by atoms with Crippen molar-refractivity contribution in [2.75, 3.05) is 19.0 Å². The van der Waals surface area contributed by atoms with Crippen LogP contribution in [0.25, 0.3) is 0 Å². The van der Waals surface area contributed by atoms with E-state index in [1.165, 1.54) is 11.3 Å². The van der Waals surface area contributed by atoms with Gasteiger partial charge in [-0.05, 0) is 36.1 Å². The van der Waals surface area contributed by atoms with E-state index in [9.17, 15) is 10.1 Å². The molecule has 0 radical (unpaired) electrons. The van der Waals surface area contributed by atoms with Gasteiger partial charge in [-0.1, -0.05) is 25.1 Å². The lowest BCUT2D eigenvalue weighted by molar-refractivity contribution is -0.116. The summed E-state index contributed by atoms with van der Waals surface area (Å²) in [4.78, 5) is 13.7. The number of nitrogens with one attached hydrogen (secondary N) is 2. The van der Waals surface area contributed by atoms with Gasteiger partial charge in [0.05, 0.1) is 12.7 Å². The number of benzene rings is 1. The topological polar surface area (TPSA) is 74.1 Å². The second kappa shape index (κ2) is 7.68. The third-order valence-electron chi connectivity index (χ3n) is 4.45. The molecule has 2 aromatic rings. The van der Waals surface area contributed by atoms with Crippen LogP contribution >= 0.6 is 11.3 Å². The fourth-order valence-electron chi connectivity index (χ4n) is 3.18. The molecule has 0 fully saturated rings. The molecule has 0 bridgehead atoms. The van der Waals surface area contributed by atoms with Crippen LogP contribution in [-0.4, -0.2) is 19.6 Å². The SMILES string of the molecule is COc1ccccc1C(C)CC(=O)Nc1sc2c(c1C#N)CCNC2. The number of rotatable bonds is 5. The van der Waals surface area contributed by atoms with E-state index >= 15 is 0 Å². The predicted molar refractivity (Wildman–Crippen MR) is 99.1 cm³/mol. The zero-order valence-electron chi connectivity index (χ0n) is 14.4. The number of para-hydroxylation sites is 1. The van der Waals surface area contributed by atoms with Gasteiger partial charge in [0.2, 0.25) is 5.91 Å². The molecule has 1 amide bonds. The zero-order valence-corrected chi connectivity index (χ0v) is 15.2. The van der Waals surface area contributed by atoms with E-state index in [4.69, 9.17) is 4.74 Å². The quantitative estimate of drug-likeness (QED) is 0.862. The van der Waals surface area contributed by atoms with Gasteiger partial charge >= 0.3 is 0 Å². The average molecular weight is 355 g/mol. The summed E-state index contributed by atoms with van der Waals surface area (Å²) in [6, 6.07) is 10.0. The van der Waals surface area contributed by atoms with E-state index in [-0.39, 0.29) is 11.8 Å². The van der Waals surface area contributed by atoms with Gasteiger partial charge in [-0.2, -0.15) is 5.26 Å². The molecule has 1 atom stereocenters. The van der Waals surface area contributed by atoms with Crippen LogP contribution < -0.4 is 15.4 Å². The van der Waals surface area contributed by atoms with Crippen molar-refractivity contribution in [2.45, 2.75) is 32.2 Å². The predicted octanol–water partition coefficient (Wildman–Crippen LogP) is 3.41. The Morgan fingerprint density at radius 2 is 2.28 bits per heavy atom. The van der Waals surface area contributed by atoms with Crippen LogP contribution in [0, 0.1) is 11.3 Å². The number of fused-ring (bicyclic) bond motifs is 1. The van der Waals surface area contributed by atoms with Crippen LogP contribution in [0.2, 0.25) is 0 Å². The number of ether oxygens (including phenoxy) is 1. The van der Waals surface area contributed by atoms with E-state index < -0.39 is 0 Å². The number of carbonyl (C=O) groups is 1. The Labute approximate surface area is 151 Å². The summed E-state index contributed by atoms with van der Waals surface area (Å²) in [5.41, 5.74) is 2.72. The lowest BCUT2D eigenvalue weighted by Gasteiger charge is -2.15. The molecule has 1 unspecified atom stereocenters. The highest BCUT2D eigenvalue weighted by Crippen LogP contribution is 2.35. The molecule has 0 saturated heterocycles. The van der Waals surface area contributed by atoms with E-state index in [2.05, 4.69) is 16.7 Å². The van der Waals surface area contributed by atoms with Crippen molar-refractivity contribution < 1.29 is 9.53 Å². The van der Waals surface area contributed by atoms with Crippen molar-refractivity contribution in [3.63, 3.8) is 0 Å². The Morgan fingerprint density at radius 3 is 3.04 bits per heavy atom. The Balaban J connectivity index is 1.73. The lowest BCUT2D eigenvalue weighted by atomic mass is 9.96. The number of nitrogens with zero attached hydrogens (tertiary/aromatic N) is 1. The number of hydrogen-bond acceptors (Lipinski definition) is 5. The number of thiophene rings is 1. The second-order valence-electron chi connectivity index (χ2n) is 6.14. The molecule has 2 heterocycles. The van der Waals surface area contributed by atoms with Crippen molar-refractivity contribution in [3.05, 3.63) is 45.8 Å². The molecule has 0 saturated carbocycles. The second-order valence-corrected chi connectivity index (χ2v) is 7.25. The summed E-state index contributed by atoms with van der Waals surface area (Å²) in [5.74, 6) is 0.734. The van der Waals surface area contributed by atoms with Crippen LogP contribution in [0.5, 0.6) is 5.75 Å². The van der Waals surface area contributed by atoms with E-state index in [1.54, 1.807) is 7.11 Å². The smallest absolute Gasteiger partial charge is 0.225 e. The molecule has 3 rings (SSSR count). The molecule has 130 valence electrons. The van der Waals surface area contributed by atoms with Crippen LogP contribution in [0.3, 0.4) is 0 Å². The number of nitriles is 1. The molecule has 1 aromatic carbocycles. The molecule has 2 N–H and O–H groups in total. The minimum Gasteiger partial charge on any atom is -0.496 e. The van der Waals surface area contributed by atoms with Gasteiger partial charge in [-0.3, -0.25) is 4.79 Å². The highest BCUT2D eigenvalue weighted by Gasteiger charge is 2.22. The van der Waals surface area contributed by atoms with Gasteiger partial charge in [-0.15, -0.1) is 11.3 Å². The van der Waals surface area contributed by atoms with Crippen molar-refractivity contribution in [1.82, 2.24) is 5.32 Å². The van der Waals surface area contributed by atoms with E-state index in [0.29, 0.717) is 17.0 Å². The molecule has 0 aliphatic carbocycles. The third kappa shape index (κ3) is 3.68. The molecule has 1 aliphatic rings. The van der Waals surface area contributed by atoms with E-state index in [0.717, 1.165) is 41.3 Å². The normalized spacial score (nSPS) is 14.3. The molecular weight excluding hydrogens is 334 g/mol. The Morgan fingerprint density at radius 1 is 1.48 bits per heavy atom. The van der Waals surface area contributed by atoms with Gasteiger partial charge in [0, 0.05) is 17.8 Å². The summed E-state index contributed by atoms with van der Waals surface area (Å²) in [6.45, 7) is 3.64. The lowest BCUT2D eigenvalue weighted by Crippen LogP contribution is -2.22. The van der Waals surface area contributed by atoms with E-state index in [1.807, 2.05) is 31.2 Å². The first-order chi connectivity index (χ1) is 12.1. The number of hydrogen-bond donors (Lipinski definition) is 2. The van der Waals surface area contributed by atoms with Gasteiger partial charge in [0.25, 0.3) is 0 Å². The number of methoxy groups -OCH3 is 1. The maximum Gasteiger partial charge on any atom is 0.225 e. The molecular formula is C19H21N3O2S. The fraction of sp³-hybridized carbons (Fsp3) is 0.368. The fourth-order valence-corrected chi connectivity index (χ4v) is 4.36.